The van der Waals surface area contributed by atoms with Crippen molar-refractivity contribution in [2.75, 3.05) is 17.3 Å². The lowest BCUT2D eigenvalue weighted by atomic mass is 9.87. The molecule has 1 aromatic rings. The van der Waals surface area contributed by atoms with Gasteiger partial charge in [0.05, 0.1) is 10.6 Å². The molecule has 0 radical (unpaired) electrons. The first-order valence-corrected chi connectivity index (χ1v) is 9.49. The molecule has 0 N–H and O–H groups in total. The minimum absolute atomic E-state index is 0.00595. The molecule has 0 bridgehead atoms. The first-order valence-electron chi connectivity index (χ1n) is 6.35. The van der Waals surface area contributed by atoms with Crippen LogP contribution in [0.5, 0.6) is 0 Å². The lowest BCUT2D eigenvalue weighted by Crippen LogP contribution is -2.15. The van der Waals surface area contributed by atoms with Gasteiger partial charge in [-0.15, -0.1) is 0 Å². The Morgan fingerprint density at radius 1 is 1.11 bits per heavy atom. The van der Waals surface area contributed by atoms with Gasteiger partial charge in [0.2, 0.25) is 0 Å². The van der Waals surface area contributed by atoms with Gasteiger partial charge in [0.25, 0.3) is 0 Å². The maximum atomic E-state index is 12.1. The normalized spacial score (nSPS) is 14.3. The van der Waals surface area contributed by atoms with Crippen molar-refractivity contribution in [3.63, 3.8) is 0 Å². The lowest BCUT2D eigenvalue weighted by molar-refractivity contribution is 0.586. The molecule has 0 amide bonds. The molecule has 5 heteroatoms. The summed E-state index contributed by atoms with van der Waals surface area (Å²) in [4.78, 5) is 0.314. The quantitative estimate of drug-likeness (QED) is 0.840. The van der Waals surface area contributed by atoms with Gasteiger partial charge in [0.1, 0.15) is 0 Å². The van der Waals surface area contributed by atoms with E-state index in [4.69, 9.17) is 0 Å². The highest BCUT2D eigenvalue weighted by Crippen LogP contribution is 2.23. The SMILES string of the molecule is CC[S@@](=O)CCS(=O)(=O)c1ccc(C(C)(C)C)cc1. The molecule has 0 heterocycles. The lowest BCUT2D eigenvalue weighted by Gasteiger charge is -2.19. The van der Waals surface area contributed by atoms with Crippen molar-refractivity contribution >= 4 is 20.6 Å². The molecule has 1 atom stereocenters. The standard InChI is InChI=1S/C14H22O3S2/c1-5-18(15)10-11-19(16,17)13-8-6-12(7-9-13)14(2,3)4/h6-9H,5,10-11H2,1-4H3/t18-/m1/s1. The molecule has 0 saturated carbocycles. The van der Waals surface area contributed by atoms with Crippen molar-refractivity contribution in [1.29, 1.82) is 0 Å². The monoisotopic (exact) mass is 302 g/mol. The topological polar surface area (TPSA) is 51.2 Å². The van der Waals surface area contributed by atoms with Crippen LogP contribution in [0, 0.1) is 0 Å². The van der Waals surface area contributed by atoms with Gasteiger partial charge in [0.15, 0.2) is 9.84 Å². The van der Waals surface area contributed by atoms with Crippen LogP contribution in [0.4, 0.5) is 0 Å². The molecule has 0 aliphatic heterocycles. The number of hydrogen-bond donors (Lipinski definition) is 0. The van der Waals surface area contributed by atoms with Gasteiger partial charge in [-0.2, -0.15) is 0 Å². The molecule has 0 aliphatic rings. The van der Waals surface area contributed by atoms with Gasteiger partial charge >= 0.3 is 0 Å². The molecule has 1 rings (SSSR count). The molecular weight excluding hydrogens is 280 g/mol. The molecule has 3 nitrogen and oxygen atoms in total. The van der Waals surface area contributed by atoms with Crippen LogP contribution in [-0.4, -0.2) is 29.9 Å². The zero-order valence-electron chi connectivity index (χ0n) is 12.0. The van der Waals surface area contributed by atoms with Crippen molar-refractivity contribution in [2.24, 2.45) is 0 Å². The Morgan fingerprint density at radius 3 is 2.05 bits per heavy atom. The smallest absolute Gasteiger partial charge is 0.179 e. The Hall–Kier alpha value is -0.680. The number of rotatable bonds is 5. The summed E-state index contributed by atoms with van der Waals surface area (Å²) in [5.74, 6) is 0.653. The van der Waals surface area contributed by atoms with Crippen molar-refractivity contribution < 1.29 is 12.6 Å². The first kappa shape index (κ1) is 16.4. The van der Waals surface area contributed by atoms with E-state index < -0.39 is 20.6 Å². The van der Waals surface area contributed by atoms with E-state index >= 15 is 0 Å². The van der Waals surface area contributed by atoms with Gasteiger partial charge in [0, 0.05) is 22.3 Å². The molecule has 0 unspecified atom stereocenters. The van der Waals surface area contributed by atoms with Gasteiger partial charge in [-0.25, -0.2) is 8.42 Å². The highest BCUT2D eigenvalue weighted by molar-refractivity contribution is 7.93. The summed E-state index contributed by atoms with van der Waals surface area (Å²) in [5, 5.41) is 0. The molecule has 108 valence electrons. The second-order valence-electron chi connectivity index (χ2n) is 5.53. The van der Waals surface area contributed by atoms with Gasteiger partial charge < -0.3 is 0 Å². The number of hydrogen-bond acceptors (Lipinski definition) is 3. The summed E-state index contributed by atoms with van der Waals surface area (Å²) >= 11 is 0. The zero-order valence-corrected chi connectivity index (χ0v) is 13.6. The van der Waals surface area contributed by atoms with E-state index in [0.717, 1.165) is 5.56 Å². The van der Waals surface area contributed by atoms with Gasteiger partial charge in [-0.1, -0.05) is 39.8 Å². The Labute approximate surface area is 118 Å². The molecule has 1 aromatic carbocycles. The average Bonchev–Trinajstić information content (AvgIpc) is 2.35. The van der Waals surface area contributed by atoms with Crippen LogP contribution in [0.3, 0.4) is 0 Å². The predicted molar refractivity (Wildman–Crippen MR) is 80.7 cm³/mol. The van der Waals surface area contributed by atoms with Crippen molar-refractivity contribution in [3.8, 4) is 0 Å². The summed E-state index contributed by atoms with van der Waals surface area (Å²) in [7, 11) is -4.37. The fourth-order valence-corrected chi connectivity index (χ4v) is 4.32. The van der Waals surface area contributed by atoms with Crippen molar-refractivity contribution in [3.05, 3.63) is 29.8 Å². The zero-order chi connectivity index (χ0) is 14.7. The van der Waals surface area contributed by atoms with Crippen LogP contribution in [0.2, 0.25) is 0 Å². The molecule has 0 aromatic heterocycles. The van der Waals surface area contributed by atoms with E-state index in [1.54, 1.807) is 19.1 Å². The number of benzene rings is 1. The van der Waals surface area contributed by atoms with Crippen LogP contribution in [0.15, 0.2) is 29.2 Å². The fraction of sp³-hybridized carbons (Fsp3) is 0.571. The van der Waals surface area contributed by atoms with Crippen molar-refractivity contribution in [2.45, 2.75) is 38.0 Å². The first-order chi connectivity index (χ1) is 8.66. The summed E-state index contributed by atoms with van der Waals surface area (Å²) in [6, 6.07) is 6.99. The minimum atomic E-state index is -3.32. The fourth-order valence-electron chi connectivity index (χ4n) is 1.63. The van der Waals surface area contributed by atoms with E-state index in [1.165, 1.54) is 0 Å². The third-order valence-electron chi connectivity index (χ3n) is 2.98. The molecule has 19 heavy (non-hydrogen) atoms. The van der Waals surface area contributed by atoms with Crippen molar-refractivity contribution in [1.82, 2.24) is 0 Å². The minimum Gasteiger partial charge on any atom is -0.260 e. The van der Waals surface area contributed by atoms with Gasteiger partial charge in [-0.05, 0) is 23.1 Å². The molecule has 0 spiro atoms. The molecular formula is C14H22O3S2. The Bertz CT molecular complexity index is 537. The van der Waals surface area contributed by atoms with Crippen LogP contribution in [0.25, 0.3) is 0 Å². The van der Waals surface area contributed by atoms with Crippen LogP contribution in [-0.2, 0) is 26.1 Å². The summed E-state index contributed by atoms with van der Waals surface area (Å²) < 4.78 is 35.5. The van der Waals surface area contributed by atoms with Crippen LogP contribution in [0.1, 0.15) is 33.3 Å². The third-order valence-corrected chi connectivity index (χ3v) is 6.27. The third kappa shape index (κ3) is 4.73. The summed E-state index contributed by atoms with van der Waals surface area (Å²) in [6.45, 7) is 8.05. The highest BCUT2D eigenvalue weighted by Gasteiger charge is 2.18. The molecule has 0 saturated heterocycles. The second-order valence-corrected chi connectivity index (χ2v) is 9.50. The molecule has 0 aliphatic carbocycles. The van der Waals surface area contributed by atoms with E-state index in [2.05, 4.69) is 20.8 Å². The maximum absolute atomic E-state index is 12.1. The second kappa shape index (κ2) is 6.18. The number of sulfone groups is 1. The van der Waals surface area contributed by atoms with Crippen LogP contribution >= 0.6 is 0 Å². The Kier molecular flexibility index (Phi) is 5.33. The van der Waals surface area contributed by atoms with E-state index in [1.807, 2.05) is 12.1 Å². The van der Waals surface area contributed by atoms with Gasteiger partial charge in [-0.3, -0.25) is 4.21 Å². The summed E-state index contributed by atoms with van der Waals surface area (Å²) in [5.41, 5.74) is 1.11. The highest BCUT2D eigenvalue weighted by atomic mass is 32.2. The van der Waals surface area contributed by atoms with Crippen LogP contribution < -0.4 is 0 Å². The van der Waals surface area contributed by atoms with E-state index in [9.17, 15) is 12.6 Å². The largest absolute Gasteiger partial charge is 0.260 e. The predicted octanol–water partition coefficient (Wildman–Crippen LogP) is 2.53. The average molecular weight is 302 g/mol. The Balaban J connectivity index is 2.88. The molecule has 0 fully saturated rings. The maximum Gasteiger partial charge on any atom is 0.179 e. The Morgan fingerprint density at radius 2 is 1.63 bits per heavy atom. The van der Waals surface area contributed by atoms with E-state index in [0.29, 0.717) is 10.6 Å². The summed E-state index contributed by atoms with van der Waals surface area (Å²) in [6.07, 6.45) is 0. The van der Waals surface area contributed by atoms with E-state index in [-0.39, 0.29) is 16.9 Å².